The summed E-state index contributed by atoms with van der Waals surface area (Å²) < 4.78 is 19.4. The molecule has 0 spiro atoms. The van der Waals surface area contributed by atoms with Crippen molar-refractivity contribution < 1.29 is 13.3 Å². The molecule has 1 aliphatic rings. The van der Waals surface area contributed by atoms with Gasteiger partial charge in [-0.3, -0.25) is 0 Å². The molecule has 0 aromatic heterocycles. The fraction of sp³-hybridized carbons (Fsp3) is 1.00. The molecule has 0 saturated carbocycles. The Morgan fingerprint density at radius 1 is 1.17 bits per heavy atom. The molecular weight excluding hydrogens is 262 g/mol. The molecule has 1 unspecified atom stereocenters. The monoisotopic (exact) mass is 291 g/mol. The zero-order chi connectivity index (χ0) is 13.6. The summed E-state index contributed by atoms with van der Waals surface area (Å²) in [5.41, 5.74) is 0. The maximum atomic E-state index is 5.78. The van der Waals surface area contributed by atoms with E-state index in [4.69, 9.17) is 13.3 Å². The van der Waals surface area contributed by atoms with Crippen LogP contribution < -0.4 is 0 Å². The van der Waals surface area contributed by atoms with Crippen LogP contribution in [0.5, 0.6) is 0 Å². The molecule has 1 fully saturated rings. The van der Waals surface area contributed by atoms with Crippen LogP contribution in [0.1, 0.15) is 19.3 Å². The van der Waals surface area contributed by atoms with Crippen molar-refractivity contribution in [2.45, 2.75) is 44.4 Å². The van der Waals surface area contributed by atoms with Gasteiger partial charge in [0.1, 0.15) is 0 Å². The van der Waals surface area contributed by atoms with Crippen molar-refractivity contribution >= 4 is 17.0 Å². The molecule has 1 aliphatic heterocycles. The number of hydrogen-bond acceptors (Lipinski definition) is 4. The minimum Gasteiger partial charge on any atom is -0.406 e. The first kappa shape index (κ1) is 16.3. The van der Waals surface area contributed by atoms with Crippen LogP contribution in [-0.2, 0) is 13.3 Å². The maximum Gasteiger partial charge on any atom is 0.334 e. The van der Waals surface area contributed by atoms with Gasteiger partial charge in [-0.15, -0.1) is 0 Å². The van der Waals surface area contributed by atoms with Crippen LogP contribution in [0.3, 0.4) is 0 Å². The highest BCUT2D eigenvalue weighted by molar-refractivity contribution is 6.70. The molecule has 18 heavy (non-hydrogen) atoms. The van der Waals surface area contributed by atoms with E-state index in [-0.39, 0.29) is 0 Å². The lowest BCUT2D eigenvalue weighted by molar-refractivity contribution is 0.247. The average Bonchev–Trinajstić information content (AvgIpc) is 2.76. The molecule has 0 bridgehead atoms. The predicted molar refractivity (Wildman–Crippen MR) is 79.3 cm³/mol. The number of nitrogens with zero attached hydrogens (tertiary/aromatic N) is 1. The third-order valence-electron chi connectivity index (χ3n) is 4.35. The number of hydrogen-bond donors (Lipinski definition) is 0. The second-order valence-electron chi connectivity index (χ2n) is 5.47. The predicted octanol–water partition coefficient (Wildman–Crippen LogP) is 2.56. The Kier molecular flexibility index (Phi) is 6.50. The Morgan fingerprint density at radius 2 is 1.83 bits per heavy atom. The maximum absolute atomic E-state index is 5.78. The van der Waals surface area contributed by atoms with E-state index in [1.165, 1.54) is 38.4 Å². The van der Waals surface area contributed by atoms with Crippen LogP contribution >= 0.6 is 0 Å². The molecule has 0 radical (unpaired) electrons. The Morgan fingerprint density at radius 3 is 2.39 bits per heavy atom. The third kappa shape index (κ3) is 4.14. The summed E-state index contributed by atoms with van der Waals surface area (Å²) in [5, 5.41) is 0. The Bertz CT molecular complexity index is 251. The smallest absolute Gasteiger partial charge is 0.334 e. The van der Waals surface area contributed by atoms with Crippen LogP contribution in [-0.4, -0.2) is 56.0 Å². The molecule has 4 nitrogen and oxygen atoms in total. The average molecular weight is 292 g/mol. The van der Waals surface area contributed by atoms with Crippen LogP contribution in [0.15, 0.2) is 0 Å². The topological polar surface area (TPSA) is 30.9 Å². The lowest BCUT2D eigenvalue weighted by Gasteiger charge is -2.31. The van der Waals surface area contributed by atoms with Crippen LogP contribution in [0.4, 0.5) is 0 Å². The van der Waals surface area contributed by atoms with Gasteiger partial charge in [-0.05, 0) is 51.1 Å². The Balaban J connectivity index is 2.26. The first-order valence-electron chi connectivity index (χ1n) is 6.90. The highest BCUT2D eigenvalue weighted by atomic mass is 28.4. The largest absolute Gasteiger partial charge is 0.406 e. The van der Waals surface area contributed by atoms with Crippen LogP contribution in [0.2, 0.25) is 25.2 Å². The number of unbranched alkanes of at least 4 members (excludes halogenated alkanes) is 1. The molecule has 1 heterocycles. The van der Waals surface area contributed by atoms with E-state index in [2.05, 4.69) is 17.7 Å². The normalized spacial score (nSPS) is 25.8. The van der Waals surface area contributed by atoms with Crippen molar-refractivity contribution in [3.8, 4) is 0 Å². The molecule has 0 amide bonds. The third-order valence-corrected chi connectivity index (χ3v) is 11.3. The summed E-state index contributed by atoms with van der Waals surface area (Å²) in [5.74, 6) is 0. The summed E-state index contributed by atoms with van der Waals surface area (Å²) in [6, 6.07) is 2.37. The Labute approximate surface area is 114 Å². The second kappa shape index (κ2) is 7.16. The standard InChI is InChI=1S/C12H29NO3Si2/c1-14-17(4)11-8-10-13(17)9-6-7-12-18(5,15-2)16-3/h6-12H2,1-5H3. The first-order valence-corrected chi connectivity index (χ1v) is 12.0. The van der Waals surface area contributed by atoms with Crippen molar-refractivity contribution in [2.24, 2.45) is 0 Å². The van der Waals surface area contributed by atoms with E-state index in [1.54, 1.807) is 14.2 Å². The SMILES string of the molecule is CO[Si](C)(CCCCN1CCC[Si]1(C)OC)OC. The quantitative estimate of drug-likeness (QED) is 0.508. The van der Waals surface area contributed by atoms with Gasteiger partial charge >= 0.3 is 8.56 Å². The lowest BCUT2D eigenvalue weighted by atomic mass is 10.3. The van der Waals surface area contributed by atoms with Gasteiger partial charge in [0.15, 0.2) is 0 Å². The minimum atomic E-state index is -1.86. The summed E-state index contributed by atoms with van der Waals surface area (Å²) in [6.07, 6.45) is 3.72. The van der Waals surface area contributed by atoms with E-state index in [0.717, 1.165) is 6.04 Å². The van der Waals surface area contributed by atoms with Crippen molar-refractivity contribution in [1.29, 1.82) is 0 Å². The first-order chi connectivity index (χ1) is 8.49. The van der Waals surface area contributed by atoms with Gasteiger partial charge < -0.3 is 17.8 Å². The van der Waals surface area contributed by atoms with E-state index in [1.807, 2.05) is 7.11 Å². The van der Waals surface area contributed by atoms with Gasteiger partial charge in [0.25, 0.3) is 8.48 Å². The molecule has 0 aliphatic carbocycles. The summed E-state index contributed by atoms with van der Waals surface area (Å²) >= 11 is 0. The van der Waals surface area contributed by atoms with Crippen LogP contribution in [0, 0.1) is 0 Å². The molecule has 1 rings (SSSR count). The minimum absolute atomic E-state index is 1.08. The van der Waals surface area contributed by atoms with Crippen molar-refractivity contribution in [3.63, 3.8) is 0 Å². The highest BCUT2D eigenvalue weighted by Crippen LogP contribution is 2.27. The van der Waals surface area contributed by atoms with Gasteiger partial charge in [0.05, 0.1) is 0 Å². The fourth-order valence-electron chi connectivity index (χ4n) is 2.61. The molecule has 0 N–H and O–H groups in total. The van der Waals surface area contributed by atoms with Crippen LogP contribution in [0.25, 0.3) is 0 Å². The zero-order valence-corrected chi connectivity index (χ0v) is 14.6. The summed E-state index contributed by atoms with van der Waals surface area (Å²) in [4.78, 5) is 0. The zero-order valence-electron chi connectivity index (χ0n) is 12.6. The van der Waals surface area contributed by atoms with Gasteiger partial charge in [-0.2, -0.15) is 0 Å². The molecule has 1 atom stereocenters. The summed E-state index contributed by atoms with van der Waals surface area (Å²) in [6.45, 7) is 6.87. The molecular formula is C12H29NO3Si2. The van der Waals surface area contributed by atoms with Crippen molar-refractivity contribution in [3.05, 3.63) is 0 Å². The molecule has 1 saturated heterocycles. The fourth-order valence-corrected chi connectivity index (χ4v) is 6.93. The highest BCUT2D eigenvalue weighted by Gasteiger charge is 2.39. The molecule has 0 aromatic rings. The molecule has 108 valence electrons. The van der Waals surface area contributed by atoms with Crippen molar-refractivity contribution in [2.75, 3.05) is 34.4 Å². The van der Waals surface area contributed by atoms with E-state index in [0.29, 0.717) is 0 Å². The van der Waals surface area contributed by atoms with Crippen molar-refractivity contribution in [1.82, 2.24) is 4.57 Å². The van der Waals surface area contributed by atoms with Gasteiger partial charge in [-0.1, -0.05) is 6.42 Å². The van der Waals surface area contributed by atoms with Gasteiger partial charge in [0.2, 0.25) is 0 Å². The molecule has 6 heteroatoms. The van der Waals surface area contributed by atoms with Gasteiger partial charge in [-0.25, -0.2) is 0 Å². The van der Waals surface area contributed by atoms with E-state index in [9.17, 15) is 0 Å². The Hall–Kier alpha value is 0.274. The number of rotatable bonds is 8. The van der Waals surface area contributed by atoms with E-state index < -0.39 is 17.0 Å². The molecule has 0 aromatic carbocycles. The van der Waals surface area contributed by atoms with E-state index >= 15 is 0 Å². The van der Waals surface area contributed by atoms with Gasteiger partial charge in [0, 0.05) is 21.3 Å². The second-order valence-corrected chi connectivity index (χ2v) is 12.9. The lowest BCUT2D eigenvalue weighted by Crippen LogP contribution is -2.48. The summed E-state index contributed by atoms with van der Waals surface area (Å²) in [7, 11) is 2.04.